The fraction of sp³-hybridized carbons (Fsp3) is 0.611. The van der Waals surface area contributed by atoms with Crippen LogP contribution < -0.4 is 20.1 Å². The minimum Gasteiger partial charge on any atom is -0.493 e. The molecule has 0 atom stereocenters. The van der Waals surface area contributed by atoms with Gasteiger partial charge in [-0.05, 0) is 24.6 Å². The Morgan fingerprint density at radius 2 is 2.04 bits per heavy atom. The van der Waals surface area contributed by atoms with Gasteiger partial charge in [-0.15, -0.1) is 12.4 Å². The molecule has 1 fully saturated rings. The van der Waals surface area contributed by atoms with E-state index in [4.69, 9.17) is 9.47 Å². The summed E-state index contributed by atoms with van der Waals surface area (Å²) < 4.78 is 11.0. The van der Waals surface area contributed by atoms with Crippen molar-refractivity contribution in [2.45, 2.75) is 19.8 Å². The molecule has 1 aromatic carbocycles. The maximum atomic E-state index is 12.3. The van der Waals surface area contributed by atoms with Gasteiger partial charge in [0.25, 0.3) is 5.91 Å². The van der Waals surface area contributed by atoms with Crippen LogP contribution >= 0.6 is 12.4 Å². The van der Waals surface area contributed by atoms with Gasteiger partial charge in [0.15, 0.2) is 11.5 Å². The fourth-order valence-corrected chi connectivity index (χ4v) is 2.62. The predicted molar refractivity (Wildman–Crippen MR) is 102 cm³/mol. The molecule has 0 saturated carbocycles. The van der Waals surface area contributed by atoms with E-state index in [1.807, 2.05) is 0 Å². The highest BCUT2D eigenvalue weighted by atomic mass is 35.5. The van der Waals surface area contributed by atoms with Gasteiger partial charge in [-0.25, -0.2) is 0 Å². The predicted octanol–water partition coefficient (Wildman–Crippen LogP) is 1.93. The second kappa shape index (κ2) is 12.0. The van der Waals surface area contributed by atoms with Crippen LogP contribution in [0.2, 0.25) is 0 Å². The SMILES string of the molecule is CCCCOc1ccc(C(=O)NCCN2CCNCC2)cc1OC.Cl. The standard InChI is InChI=1S/C18H29N3O3.ClH/c1-3-4-13-24-16-6-5-15(14-17(16)23-2)18(22)20-9-12-21-10-7-19-8-11-21;/h5-6,14,19H,3-4,7-13H2,1-2H3,(H,20,22);1H. The number of amides is 1. The third-order valence-electron chi connectivity index (χ3n) is 4.10. The lowest BCUT2D eigenvalue weighted by molar-refractivity contribution is 0.0947. The fourth-order valence-electron chi connectivity index (χ4n) is 2.62. The number of nitrogens with zero attached hydrogens (tertiary/aromatic N) is 1. The molecule has 1 aliphatic heterocycles. The third-order valence-corrected chi connectivity index (χ3v) is 4.10. The van der Waals surface area contributed by atoms with Gasteiger partial charge in [0.1, 0.15) is 0 Å². The van der Waals surface area contributed by atoms with Crippen LogP contribution in [0.3, 0.4) is 0 Å². The number of halogens is 1. The molecule has 142 valence electrons. The molecule has 1 aliphatic rings. The first-order chi connectivity index (χ1) is 11.7. The Labute approximate surface area is 156 Å². The van der Waals surface area contributed by atoms with E-state index in [0.29, 0.717) is 30.2 Å². The largest absolute Gasteiger partial charge is 0.493 e. The molecule has 1 saturated heterocycles. The second-order valence-electron chi connectivity index (χ2n) is 5.92. The molecule has 1 aromatic rings. The third kappa shape index (κ3) is 7.10. The Morgan fingerprint density at radius 1 is 1.28 bits per heavy atom. The molecule has 1 amide bonds. The maximum absolute atomic E-state index is 12.3. The lowest BCUT2D eigenvalue weighted by atomic mass is 10.2. The molecule has 0 aliphatic carbocycles. The summed E-state index contributed by atoms with van der Waals surface area (Å²) in [4.78, 5) is 14.6. The van der Waals surface area contributed by atoms with E-state index < -0.39 is 0 Å². The van der Waals surface area contributed by atoms with Crippen LogP contribution in [-0.2, 0) is 0 Å². The monoisotopic (exact) mass is 371 g/mol. The number of hydrogen-bond acceptors (Lipinski definition) is 5. The maximum Gasteiger partial charge on any atom is 0.251 e. The van der Waals surface area contributed by atoms with Crippen molar-refractivity contribution in [1.29, 1.82) is 0 Å². The van der Waals surface area contributed by atoms with Crippen LogP contribution in [-0.4, -0.2) is 63.8 Å². The van der Waals surface area contributed by atoms with E-state index >= 15 is 0 Å². The average molecular weight is 372 g/mol. The molecule has 0 bridgehead atoms. The van der Waals surface area contributed by atoms with Crippen LogP contribution in [0.25, 0.3) is 0 Å². The lowest BCUT2D eigenvalue weighted by Crippen LogP contribution is -2.46. The summed E-state index contributed by atoms with van der Waals surface area (Å²) in [5.41, 5.74) is 0.593. The van der Waals surface area contributed by atoms with Gasteiger partial charge in [-0.1, -0.05) is 13.3 Å². The van der Waals surface area contributed by atoms with E-state index in [1.54, 1.807) is 25.3 Å². The van der Waals surface area contributed by atoms with Crippen molar-refractivity contribution >= 4 is 18.3 Å². The molecule has 2 rings (SSSR count). The van der Waals surface area contributed by atoms with Gasteiger partial charge >= 0.3 is 0 Å². The quantitative estimate of drug-likeness (QED) is 0.649. The number of ether oxygens (including phenoxy) is 2. The molecule has 25 heavy (non-hydrogen) atoms. The van der Waals surface area contributed by atoms with Crippen molar-refractivity contribution in [2.75, 3.05) is 53.0 Å². The first-order valence-electron chi connectivity index (χ1n) is 8.76. The van der Waals surface area contributed by atoms with Crippen molar-refractivity contribution < 1.29 is 14.3 Å². The molecular formula is C18H30ClN3O3. The Bertz CT molecular complexity index is 522. The number of nitrogens with one attached hydrogen (secondary N) is 2. The van der Waals surface area contributed by atoms with Gasteiger partial charge in [0.05, 0.1) is 13.7 Å². The average Bonchev–Trinajstić information content (AvgIpc) is 2.63. The van der Waals surface area contributed by atoms with Gasteiger partial charge in [-0.3, -0.25) is 9.69 Å². The first-order valence-corrected chi connectivity index (χ1v) is 8.76. The molecular weight excluding hydrogens is 342 g/mol. The molecule has 0 aromatic heterocycles. The van der Waals surface area contributed by atoms with E-state index in [-0.39, 0.29) is 18.3 Å². The van der Waals surface area contributed by atoms with Crippen LogP contribution in [0.1, 0.15) is 30.1 Å². The highest BCUT2D eigenvalue weighted by Crippen LogP contribution is 2.28. The summed E-state index contributed by atoms with van der Waals surface area (Å²) in [7, 11) is 1.59. The topological polar surface area (TPSA) is 62.8 Å². The number of piperazine rings is 1. The Balaban J connectivity index is 0.00000312. The molecule has 1 heterocycles. The number of rotatable bonds is 9. The molecule has 0 spiro atoms. The Morgan fingerprint density at radius 3 is 2.72 bits per heavy atom. The zero-order chi connectivity index (χ0) is 17.2. The molecule has 0 unspecified atom stereocenters. The van der Waals surface area contributed by atoms with E-state index in [9.17, 15) is 4.79 Å². The van der Waals surface area contributed by atoms with Crippen molar-refractivity contribution in [2.24, 2.45) is 0 Å². The number of carbonyl (C=O) groups excluding carboxylic acids is 1. The van der Waals surface area contributed by atoms with Gasteiger partial charge < -0.3 is 20.1 Å². The number of unbranched alkanes of at least 4 members (excludes halogenated alkanes) is 1. The second-order valence-corrected chi connectivity index (χ2v) is 5.92. The minimum atomic E-state index is -0.0801. The minimum absolute atomic E-state index is 0. The molecule has 6 nitrogen and oxygen atoms in total. The van der Waals surface area contributed by atoms with Crippen molar-refractivity contribution in [3.05, 3.63) is 23.8 Å². The van der Waals surface area contributed by atoms with Crippen molar-refractivity contribution in [1.82, 2.24) is 15.5 Å². The summed E-state index contributed by atoms with van der Waals surface area (Å²) >= 11 is 0. The molecule has 2 N–H and O–H groups in total. The summed E-state index contributed by atoms with van der Waals surface area (Å²) in [6.45, 7) is 8.41. The van der Waals surface area contributed by atoms with Crippen molar-refractivity contribution in [3.8, 4) is 11.5 Å². The van der Waals surface area contributed by atoms with E-state index in [2.05, 4.69) is 22.5 Å². The lowest BCUT2D eigenvalue weighted by Gasteiger charge is -2.27. The van der Waals surface area contributed by atoms with E-state index in [1.165, 1.54) is 0 Å². The van der Waals surface area contributed by atoms with Crippen molar-refractivity contribution in [3.63, 3.8) is 0 Å². The highest BCUT2D eigenvalue weighted by molar-refractivity contribution is 5.94. The number of benzene rings is 1. The molecule has 0 radical (unpaired) electrons. The van der Waals surface area contributed by atoms with Crippen LogP contribution in [0.4, 0.5) is 0 Å². The number of hydrogen-bond donors (Lipinski definition) is 2. The van der Waals surface area contributed by atoms with Gasteiger partial charge in [0, 0.05) is 44.8 Å². The highest BCUT2D eigenvalue weighted by Gasteiger charge is 2.12. The Kier molecular flexibility index (Phi) is 10.3. The number of methoxy groups -OCH3 is 1. The summed E-state index contributed by atoms with van der Waals surface area (Å²) in [5.74, 6) is 1.20. The summed E-state index contributed by atoms with van der Waals surface area (Å²) in [6.07, 6.45) is 2.08. The zero-order valence-corrected chi connectivity index (χ0v) is 16.0. The van der Waals surface area contributed by atoms with Crippen LogP contribution in [0.15, 0.2) is 18.2 Å². The number of carbonyl (C=O) groups is 1. The van der Waals surface area contributed by atoms with Crippen LogP contribution in [0.5, 0.6) is 11.5 Å². The van der Waals surface area contributed by atoms with E-state index in [0.717, 1.165) is 45.6 Å². The first kappa shape index (κ1) is 21.5. The summed E-state index contributed by atoms with van der Waals surface area (Å²) in [6, 6.07) is 5.32. The van der Waals surface area contributed by atoms with Crippen LogP contribution in [0, 0.1) is 0 Å². The summed E-state index contributed by atoms with van der Waals surface area (Å²) in [5, 5.41) is 6.29. The normalized spacial score (nSPS) is 14.5. The van der Waals surface area contributed by atoms with Gasteiger partial charge in [-0.2, -0.15) is 0 Å². The Hall–Kier alpha value is -1.50. The van der Waals surface area contributed by atoms with Gasteiger partial charge in [0.2, 0.25) is 0 Å². The zero-order valence-electron chi connectivity index (χ0n) is 15.2. The molecule has 7 heteroatoms. The smallest absolute Gasteiger partial charge is 0.251 e.